The van der Waals surface area contributed by atoms with Crippen molar-refractivity contribution < 1.29 is 0 Å². The van der Waals surface area contributed by atoms with Crippen molar-refractivity contribution in [3.63, 3.8) is 0 Å². The molecule has 2 unspecified atom stereocenters. The molecule has 0 radical (unpaired) electrons. The molecule has 1 aliphatic rings. The molecule has 1 aromatic carbocycles. The number of likely N-dealkylation sites (N-methyl/N-ethyl adjacent to an activating group) is 1. The van der Waals surface area contributed by atoms with E-state index in [9.17, 15) is 0 Å². The first-order valence-corrected chi connectivity index (χ1v) is 6.67. The van der Waals surface area contributed by atoms with Crippen molar-refractivity contribution in [3.8, 4) is 0 Å². The average Bonchev–Trinajstić information content (AvgIpc) is 2.23. The van der Waals surface area contributed by atoms with Gasteiger partial charge >= 0.3 is 0 Å². The number of piperidine rings is 1. The van der Waals surface area contributed by atoms with Gasteiger partial charge in [0.1, 0.15) is 0 Å². The summed E-state index contributed by atoms with van der Waals surface area (Å²) in [6.45, 7) is 1.08. The highest BCUT2D eigenvalue weighted by atomic mass is 79.9. The standard InChI is InChI=1S/C12H16BrClN2/c1-16-6-2-3-11(15)12(16)9-7-8(13)4-5-10(9)14/h4-5,7,11-12H,2-3,6,15H2,1H3. The largest absolute Gasteiger partial charge is 0.326 e. The maximum atomic E-state index is 6.26. The van der Waals surface area contributed by atoms with Crippen LogP contribution in [0, 0.1) is 0 Å². The van der Waals surface area contributed by atoms with Crippen LogP contribution in [-0.4, -0.2) is 24.5 Å². The lowest BCUT2D eigenvalue weighted by Gasteiger charge is -2.38. The predicted molar refractivity (Wildman–Crippen MR) is 71.7 cm³/mol. The number of likely N-dealkylation sites (tertiary alicyclic amines) is 1. The molecule has 1 aromatic rings. The summed E-state index contributed by atoms with van der Waals surface area (Å²) in [7, 11) is 2.11. The summed E-state index contributed by atoms with van der Waals surface area (Å²) in [6.07, 6.45) is 2.23. The van der Waals surface area contributed by atoms with E-state index in [1.54, 1.807) is 0 Å². The van der Waals surface area contributed by atoms with E-state index in [0.717, 1.165) is 28.0 Å². The third-order valence-electron chi connectivity index (χ3n) is 3.21. The molecular formula is C12H16BrClN2. The van der Waals surface area contributed by atoms with Crippen LogP contribution in [0.2, 0.25) is 5.02 Å². The van der Waals surface area contributed by atoms with Crippen molar-refractivity contribution in [1.82, 2.24) is 4.90 Å². The number of nitrogens with two attached hydrogens (primary N) is 1. The van der Waals surface area contributed by atoms with Crippen molar-refractivity contribution >= 4 is 27.5 Å². The van der Waals surface area contributed by atoms with E-state index < -0.39 is 0 Å². The Morgan fingerprint density at radius 1 is 1.50 bits per heavy atom. The minimum atomic E-state index is 0.172. The minimum absolute atomic E-state index is 0.172. The molecule has 0 aromatic heterocycles. The molecule has 1 heterocycles. The molecule has 16 heavy (non-hydrogen) atoms. The molecule has 1 aliphatic heterocycles. The maximum Gasteiger partial charge on any atom is 0.0511 e. The van der Waals surface area contributed by atoms with Gasteiger partial charge in [-0.05, 0) is 50.2 Å². The van der Waals surface area contributed by atoms with Crippen molar-refractivity contribution in [1.29, 1.82) is 0 Å². The second kappa shape index (κ2) is 5.05. The first-order valence-electron chi connectivity index (χ1n) is 5.50. The SMILES string of the molecule is CN1CCCC(N)C1c1cc(Br)ccc1Cl. The van der Waals surface area contributed by atoms with Gasteiger partial charge in [-0.3, -0.25) is 4.90 Å². The van der Waals surface area contributed by atoms with E-state index in [1.165, 1.54) is 6.42 Å². The predicted octanol–water partition coefficient (Wildman–Crippen LogP) is 3.20. The lowest BCUT2D eigenvalue weighted by molar-refractivity contribution is 0.163. The number of nitrogens with zero attached hydrogens (tertiary/aromatic N) is 1. The van der Waals surface area contributed by atoms with Crippen LogP contribution in [0.3, 0.4) is 0 Å². The number of hydrogen-bond donors (Lipinski definition) is 1. The highest BCUT2D eigenvalue weighted by molar-refractivity contribution is 9.10. The Balaban J connectivity index is 2.37. The normalized spacial score (nSPS) is 27.0. The number of hydrogen-bond acceptors (Lipinski definition) is 2. The van der Waals surface area contributed by atoms with E-state index in [1.807, 2.05) is 12.1 Å². The van der Waals surface area contributed by atoms with E-state index in [2.05, 4.69) is 33.9 Å². The van der Waals surface area contributed by atoms with Gasteiger partial charge in [0.15, 0.2) is 0 Å². The quantitative estimate of drug-likeness (QED) is 0.863. The van der Waals surface area contributed by atoms with Crippen molar-refractivity contribution in [3.05, 3.63) is 33.3 Å². The molecule has 1 saturated heterocycles. The number of halogens is 2. The molecule has 0 amide bonds. The molecule has 2 atom stereocenters. The van der Waals surface area contributed by atoms with Crippen LogP contribution in [0.1, 0.15) is 24.4 Å². The van der Waals surface area contributed by atoms with Crippen LogP contribution in [0.4, 0.5) is 0 Å². The van der Waals surface area contributed by atoms with E-state index in [4.69, 9.17) is 17.3 Å². The molecule has 0 bridgehead atoms. The molecule has 0 aliphatic carbocycles. The zero-order chi connectivity index (χ0) is 11.7. The Kier molecular flexibility index (Phi) is 3.90. The molecule has 0 spiro atoms. The first-order chi connectivity index (χ1) is 7.59. The third-order valence-corrected chi connectivity index (χ3v) is 4.04. The second-order valence-electron chi connectivity index (χ2n) is 4.40. The van der Waals surface area contributed by atoms with E-state index in [-0.39, 0.29) is 12.1 Å². The monoisotopic (exact) mass is 302 g/mol. The molecule has 0 saturated carbocycles. The molecule has 88 valence electrons. The van der Waals surface area contributed by atoms with Crippen LogP contribution < -0.4 is 5.73 Å². The zero-order valence-corrected chi connectivity index (χ0v) is 11.6. The maximum absolute atomic E-state index is 6.26. The van der Waals surface area contributed by atoms with Crippen molar-refractivity contribution in [2.45, 2.75) is 24.9 Å². The summed E-state index contributed by atoms with van der Waals surface area (Å²) in [5.41, 5.74) is 7.34. The Labute approximate surface area is 110 Å². The summed E-state index contributed by atoms with van der Waals surface area (Å²) in [6, 6.07) is 6.37. The Morgan fingerprint density at radius 3 is 2.94 bits per heavy atom. The summed E-state index contributed by atoms with van der Waals surface area (Å²) < 4.78 is 1.05. The van der Waals surface area contributed by atoms with Crippen molar-refractivity contribution in [2.75, 3.05) is 13.6 Å². The molecular weight excluding hydrogens is 288 g/mol. The number of rotatable bonds is 1. The summed E-state index contributed by atoms with van der Waals surface area (Å²) in [5.74, 6) is 0. The zero-order valence-electron chi connectivity index (χ0n) is 9.29. The van der Waals surface area contributed by atoms with Crippen LogP contribution in [0.5, 0.6) is 0 Å². The lowest BCUT2D eigenvalue weighted by Crippen LogP contribution is -2.44. The number of benzene rings is 1. The van der Waals surface area contributed by atoms with E-state index in [0.29, 0.717) is 0 Å². The van der Waals surface area contributed by atoms with Crippen LogP contribution in [0.25, 0.3) is 0 Å². The molecule has 1 fully saturated rings. The first kappa shape index (κ1) is 12.4. The lowest BCUT2D eigenvalue weighted by atomic mass is 9.91. The highest BCUT2D eigenvalue weighted by Gasteiger charge is 2.29. The summed E-state index contributed by atoms with van der Waals surface area (Å²) in [5, 5.41) is 0.803. The second-order valence-corrected chi connectivity index (χ2v) is 5.72. The van der Waals surface area contributed by atoms with Gasteiger partial charge in [0.2, 0.25) is 0 Å². The minimum Gasteiger partial charge on any atom is -0.326 e. The van der Waals surface area contributed by atoms with Gasteiger partial charge in [-0.15, -0.1) is 0 Å². The van der Waals surface area contributed by atoms with Crippen LogP contribution in [-0.2, 0) is 0 Å². The van der Waals surface area contributed by atoms with Gasteiger partial charge in [-0.25, -0.2) is 0 Å². The van der Waals surface area contributed by atoms with Gasteiger partial charge < -0.3 is 5.73 Å². The molecule has 2 nitrogen and oxygen atoms in total. The topological polar surface area (TPSA) is 29.3 Å². The Morgan fingerprint density at radius 2 is 2.25 bits per heavy atom. The molecule has 2 N–H and O–H groups in total. The Bertz CT molecular complexity index is 373. The van der Waals surface area contributed by atoms with Crippen LogP contribution >= 0.6 is 27.5 Å². The highest BCUT2D eigenvalue weighted by Crippen LogP contribution is 2.34. The third kappa shape index (κ3) is 2.43. The van der Waals surface area contributed by atoms with E-state index >= 15 is 0 Å². The molecule has 4 heteroatoms. The van der Waals surface area contributed by atoms with Gasteiger partial charge in [0.05, 0.1) is 6.04 Å². The fourth-order valence-corrected chi connectivity index (χ4v) is 3.02. The average molecular weight is 304 g/mol. The van der Waals surface area contributed by atoms with Crippen molar-refractivity contribution in [2.24, 2.45) is 5.73 Å². The van der Waals surface area contributed by atoms with Gasteiger partial charge in [0.25, 0.3) is 0 Å². The van der Waals surface area contributed by atoms with Gasteiger partial charge in [-0.2, -0.15) is 0 Å². The fraction of sp³-hybridized carbons (Fsp3) is 0.500. The smallest absolute Gasteiger partial charge is 0.0511 e. The summed E-state index contributed by atoms with van der Waals surface area (Å²) in [4.78, 5) is 2.29. The fourth-order valence-electron chi connectivity index (χ4n) is 2.41. The van der Waals surface area contributed by atoms with Gasteiger partial charge in [0, 0.05) is 15.5 Å². The summed E-state index contributed by atoms with van der Waals surface area (Å²) >= 11 is 9.74. The van der Waals surface area contributed by atoms with Crippen LogP contribution in [0.15, 0.2) is 22.7 Å². The van der Waals surface area contributed by atoms with Gasteiger partial charge in [-0.1, -0.05) is 27.5 Å². The Hall–Kier alpha value is -0.0900. The molecule has 2 rings (SSSR count).